The summed E-state index contributed by atoms with van der Waals surface area (Å²) in [4.78, 5) is 11.1. The molecule has 4 heteroatoms. The number of anilines is 1. The van der Waals surface area contributed by atoms with Gasteiger partial charge in [0.25, 0.3) is 0 Å². The Bertz CT molecular complexity index is 312. The summed E-state index contributed by atoms with van der Waals surface area (Å²) in [7, 11) is 0. The topological polar surface area (TPSA) is 43.1 Å². The molecule has 0 spiro atoms. The standard InChI is InChI=1S/C8H7Cl2NO/c9-4-8(12)6-2-1-5(10)3-7(6)11/h1-3H,4,11H2. The molecular weight excluding hydrogens is 197 g/mol. The molecule has 0 heterocycles. The molecule has 0 radical (unpaired) electrons. The monoisotopic (exact) mass is 203 g/mol. The van der Waals surface area contributed by atoms with Gasteiger partial charge in [-0.1, -0.05) is 11.6 Å². The fourth-order valence-corrected chi connectivity index (χ4v) is 1.18. The lowest BCUT2D eigenvalue weighted by Gasteiger charge is -2.01. The fraction of sp³-hybridized carbons (Fsp3) is 0.125. The highest BCUT2D eigenvalue weighted by Crippen LogP contribution is 2.18. The van der Waals surface area contributed by atoms with Crippen molar-refractivity contribution in [2.45, 2.75) is 0 Å². The lowest BCUT2D eigenvalue weighted by Crippen LogP contribution is -2.04. The van der Waals surface area contributed by atoms with Gasteiger partial charge in [-0.15, -0.1) is 11.6 Å². The largest absolute Gasteiger partial charge is 0.398 e. The molecule has 0 aliphatic rings. The van der Waals surface area contributed by atoms with Crippen LogP contribution in [0.25, 0.3) is 0 Å². The maximum Gasteiger partial charge on any atom is 0.179 e. The summed E-state index contributed by atoms with van der Waals surface area (Å²) >= 11 is 11.0. The number of rotatable bonds is 2. The van der Waals surface area contributed by atoms with E-state index in [1.807, 2.05) is 0 Å². The van der Waals surface area contributed by atoms with Crippen LogP contribution in [0.2, 0.25) is 5.02 Å². The Hall–Kier alpha value is -0.730. The van der Waals surface area contributed by atoms with Crippen molar-refractivity contribution in [2.24, 2.45) is 0 Å². The van der Waals surface area contributed by atoms with Crippen molar-refractivity contribution < 1.29 is 4.79 Å². The van der Waals surface area contributed by atoms with Crippen LogP contribution in [0.5, 0.6) is 0 Å². The zero-order valence-electron chi connectivity index (χ0n) is 6.18. The molecular formula is C8H7Cl2NO. The minimum absolute atomic E-state index is 0.0637. The van der Waals surface area contributed by atoms with Crippen LogP contribution in [0.4, 0.5) is 5.69 Å². The lowest BCUT2D eigenvalue weighted by molar-refractivity contribution is 0.102. The first-order valence-corrected chi connectivity index (χ1v) is 4.20. The number of nitrogens with two attached hydrogens (primary N) is 1. The van der Waals surface area contributed by atoms with Crippen LogP contribution in [0.15, 0.2) is 18.2 Å². The van der Waals surface area contributed by atoms with Gasteiger partial charge >= 0.3 is 0 Å². The molecule has 0 amide bonds. The molecule has 0 atom stereocenters. The lowest BCUT2D eigenvalue weighted by atomic mass is 10.1. The molecule has 2 N–H and O–H groups in total. The van der Waals surface area contributed by atoms with Crippen molar-refractivity contribution in [3.63, 3.8) is 0 Å². The highest BCUT2D eigenvalue weighted by atomic mass is 35.5. The first kappa shape index (κ1) is 9.36. The van der Waals surface area contributed by atoms with Crippen LogP contribution in [-0.2, 0) is 0 Å². The van der Waals surface area contributed by atoms with E-state index in [2.05, 4.69) is 0 Å². The van der Waals surface area contributed by atoms with Crippen LogP contribution in [-0.4, -0.2) is 11.7 Å². The molecule has 1 rings (SSSR count). The summed E-state index contributed by atoms with van der Waals surface area (Å²) in [5.74, 6) is -0.253. The average Bonchev–Trinajstić information content (AvgIpc) is 2.03. The number of carbonyl (C=O) groups excluding carboxylic acids is 1. The van der Waals surface area contributed by atoms with Gasteiger partial charge in [-0.2, -0.15) is 0 Å². The molecule has 64 valence electrons. The number of hydrogen-bond acceptors (Lipinski definition) is 2. The third-order valence-electron chi connectivity index (χ3n) is 1.44. The molecule has 2 nitrogen and oxygen atoms in total. The number of hydrogen-bond donors (Lipinski definition) is 1. The quantitative estimate of drug-likeness (QED) is 0.456. The molecule has 0 saturated heterocycles. The van der Waals surface area contributed by atoms with E-state index in [1.165, 1.54) is 6.07 Å². The van der Waals surface area contributed by atoms with E-state index in [4.69, 9.17) is 28.9 Å². The van der Waals surface area contributed by atoms with Crippen molar-refractivity contribution in [1.29, 1.82) is 0 Å². The predicted octanol–water partition coefficient (Wildman–Crippen LogP) is 2.34. The SMILES string of the molecule is Nc1cc(Cl)ccc1C(=O)CCl. The highest BCUT2D eigenvalue weighted by Gasteiger charge is 2.07. The first-order chi connectivity index (χ1) is 5.65. The summed E-state index contributed by atoms with van der Waals surface area (Å²) in [6.45, 7) is 0. The molecule has 12 heavy (non-hydrogen) atoms. The number of alkyl halides is 1. The number of ketones is 1. The Labute approximate surface area is 80.3 Å². The molecule has 0 bridgehead atoms. The number of nitrogen functional groups attached to an aromatic ring is 1. The van der Waals surface area contributed by atoms with Gasteiger partial charge in [-0.05, 0) is 18.2 Å². The van der Waals surface area contributed by atoms with Gasteiger partial charge in [0.15, 0.2) is 5.78 Å². The van der Waals surface area contributed by atoms with Gasteiger partial charge in [0.05, 0.1) is 5.88 Å². The molecule has 1 aromatic rings. The Morgan fingerprint density at radius 3 is 2.67 bits per heavy atom. The fourth-order valence-electron chi connectivity index (χ4n) is 0.860. The second kappa shape index (κ2) is 3.78. The maximum atomic E-state index is 11.1. The Morgan fingerprint density at radius 2 is 2.17 bits per heavy atom. The summed E-state index contributed by atoms with van der Waals surface area (Å²) in [6.07, 6.45) is 0. The Morgan fingerprint density at radius 1 is 1.50 bits per heavy atom. The normalized spacial score (nSPS) is 9.83. The summed E-state index contributed by atoms with van der Waals surface area (Å²) in [5.41, 5.74) is 6.33. The van der Waals surface area contributed by atoms with Crippen LogP contribution in [0, 0.1) is 0 Å². The highest BCUT2D eigenvalue weighted by molar-refractivity contribution is 6.32. The Kier molecular flexibility index (Phi) is 2.95. The summed E-state index contributed by atoms with van der Waals surface area (Å²) in [5, 5.41) is 0.513. The molecule has 0 aromatic heterocycles. The van der Waals surface area contributed by atoms with E-state index in [1.54, 1.807) is 12.1 Å². The second-order valence-corrected chi connectivity index (χ2v) is 2.99. The zero-order chi connectivity index (χ0) is 9.14. The van der Waals surface area contributed by atoms with Gasteiger partial charge in [0.2, 0.25) is 0 Å². The minimum Gasteiger partial charge on any atom is -0.398 e. The predicted molar refractivity (Wildman–Crippen MR) is 50.9 cm³/mol. The van der Waals surface area contributed by atoms with E-state index >= 15 is 0 Å². The summed E-state index contributed by atoms with van der Waals surface area (Å²) < 4.78 is 0. The minimum atomic E-state index is -0.189. The Balaban J connectivity index is 3.09. The van der Waals surface area contributed by atoms with Crippen molar-refractivity contribution in [3.05, 3.63) is 28.8 Å². The smallest absolute Gasteiger partial charge is 0.179 e. The summed E-state index contributed by atoms with van der Waals surface area (Å²) in [6, 6.07) is 4.71. The third-order valence-corrected chi connectivity index (χ3v) is 1.91. The maximum absolute atomic E-state index is 11.1. The number of carbonyl (C=O) groups is 1. The van der Waals surface area contributed by atoms with Gasteiger partial charge < -0.3 is 5.73 Å². The van der Waals surface area contributed by atoms with E-state index < -0.39 is 0 Å². The van der Waals surface area contributed by atoms with Gasteiger partial charge in [0, 0.05) is 16.3 Å². The van der Waals surface area contributed by atoms with E-state index in [0.717, 1.165) is 0 Å². The van der Waals surface area contributed by atoms with Gasteiger partial charge in [-0.3, -0.25) is 4.79 Å². The van der Waals surface area contributed by atoms with E-state index in [0.29, 0.717) is 16.3 Å². The molecule has 0 saturated carbocycles. The van der Waals surface area contributed by atoms with E-state index in [-0.39, 0.29) is 11.7 Å². The van der Waals surface area contributed by atoms with Gasteiger partial charge in [0.1, 0.15) is 0 Å². The molecule has 0 aliphatic carbocycles. The zero-order valence-corrected chi connectivity index (χ0v) is 7.69. The molecule has 0 aliphatic heterocycles. The van der Waals surface area contributed by atoms with Crippen molar-refractivity contribution in [1.82, 2.24) is 0 Å². The average molecular weight is 204 g/mol. The van der Waals surface area contributed by atoms with E-state index in [9.17, 15) is 4.79 Å². The van der Waals surface area contributed by atoms with Gasteiger partial charge in [-0.25, -0.2) is 0 Å². The number of benzene rings is 1. The molecule has 0 fully saturated rings. The van der Waals surface area contributed by atoms with Crippen LogP contribution in [0.3, 0.4) is 0 Å². The van der Waals surface area contributed by atoms with Crippen LogP contribution >= 0.6 is 23.2 Å². The van der Waals surface area contributed by atoms with Crippen LogP contribution < -0.4 is 5.73 Å². The molecule has 1 aromatic carbocycles. The number of Topliss-reactive ketones (excluding diaryl/α,β-unsaturated/α-hetero) is 1. The number of halogens is 2. The van der Waals surface area contributed by atoms with Crippen molar-refractivity contribution >= 4 is 34.7 Å². The van der Waals surface area contributed by atoms with Crippen molar-refractivity contribution in [3.8, 4) is 0 Å². The second-order valence-electron chi connectivity index (χ2n) is 2.29. The van der Waals surface area contributed by atoms with Crippen LogP contribution in [0.1, 0.15) is 10.4 Å². The first-order valence-electron chi connectivity index (χ1n) is 3.29. The third kappa shape index (κ3) is 1.90. The molecule has 0 unspecified atom stereocenters. The van der Waals surface area contributed by atoms with Crippen molar-refractivity contribution in [2.75, 3.05) is 11.6 Å².